The lowest BCUT2D eigenvalue weighted by Gasteiger charge is -2.29. The van der Waals surface area contributed by atoms with Gasteiger partial charge in [-0.3, -0.25) is 19.2 Å². The minimum absolute atomic E-state index is 0.0119. The maximum atomic E-state index is 13.4. The van der Waals surface area contributed by atoms with Gasteiger partial charge in [0.15, 0.2) is 0 Å². The Kier molecular flexibility index (Phi) is 10.6. The number of phenols is 2. The first kappa shape index (κ1) is 30.9. The standard InChI is InChI=1S/C28H34N4O9/c29-20(14-16-3-7-18(33)8-4-16)27(39)32-13-1-2-23(32)26(38)31-22(15-17-5-9-19(34)10-6-17)25(37)30-21(28(40)41)11-12-24(35)36/h3-10,20-23,33-34H,1-2,11-15,29H2,(H,30,37)(H,31,38)(H,35,36)(H,40,41). The SMILES string of the molecule is NC(Cc1ccc(O)cc1)C(=O)N1CCCC1C(=O)NC(Cc1ccc(O)cc1)C(=O)NC(CCC(=O)O)C(=O)O. The zero-order valence-electron chi connectivity index (χ0n) is 22.2. The summed E-state index contributed by atoms with van der Waals surface area (Å²) in [5.74, 6) is -4.50. The first-order valence-corrected chi connectivity index (χ1v) is 13.1. The Balaban J connectivity index is 1.74. The highest BCUT2D eigenvalue weighted by Crippen LogP contribution is 2.20. The molecule has 220 valence electrons. The fourth-order valence-electron chi connectivity index (χ4n) is 4.63. The van der Waals surface area contributed by atoms with Crippen LogP contribution in [0, 0.1) is 0 Å². The molecule has 41 heavy (non-hydrogen) atoms. The summed E-state index contributed by atoms with van der Waals surface area (Å²) in [6.07, 6.45) is 0.122. The van der Waals surface area contributed by atoms with Crippen molar-refractivity contribution in [2.45, 2.75) is 62.7 Å². The number of nitrogens with zero attached hydrogens (tertiary/aromatic N) is 1. The molecule has 4 atom stereocenters. The van der Waals surface area contributed by atoms with Gasteiger partial charge in [0.1, 0.15) is 29.6 Å². The molecule has 3 rings (SSSR count). The highest BCUT2D eigenvalue weighted by molar-refractivity contribution is 5.94. The van der Waals surface area contributed by atoms with Crippen molar-refractivity contribution in [1.29, 1.82) is 0 Å². The number of carbonyl (C=O) groups is 5. The first-order chi connectivity index (χ1) is 19.4. The average Bonchev–Trinajstić information content (AvgIpc) is 3.42. The Hall–Kier alpha value is -4.65. The number of carboxylic acid groups (broad SMARTS) is 2. The number of carbonyl (C=O) groups excluding carboxylic acids is 3. The number of hydrogen-bond donors (Lipinski definition) is 7. The lowest BCUT2D eigenvalue weighted by atomic mass is 10.0. The Bertz CT molecular complexity index is 1250. The van der Waals surface area contributed by atoms with E-state index in [4.69, 9.17) is 10.8 Å². The van der Waals surface area contributed by atoms with Gasteiger partial charge in [-0.15, -0.1) is 0 Å². The third-order valence-electron chi connectivity index (χ3n) is 6.82. The molecule has 13 heteroatoms. The van der Waals surface area contributed by atoms with Crippen molar-refractivity contribution < 1.29 is 44.4 Å². The molecule has 0 aromatic heterocycles. The summed E-state index contributed by atoms with van der Waals surface area (Å²) in [4.78, 5) is 63.7. The monoisotopic (exact) mass is 570 g/mol. The van der Waals surface area contributed by atoms with Gasteiger partial charge in [0.25, 0.3) is 0 Å². The van der Waals surface area contributed by atoms with E-state index >= 15 is 0 Å². The van der Waals surface area contributed by atoms with E-state index in [1.165, 1.54) is 41.3 Å². The first-order valence-electron chi connectivity index (χ1n) is 13.1. The zero-order chi connectivity index (χ0) is 30.1. The van der Waals surface area contributed by atoms with E-state index in [1.807, 2.05) is 0 Å². The summed E-state index contributed by atoms with van der Waals surface area (Å²) in [6.45, 7) is 0.283. The molecule has 1 aliphatic heterocycles. The number of phenolic OH excluding ortho intramolecular Hbond substituents is 2. The summed E-state index contributed by atoms with van der Waals surface area (Å²) in [7, 11) is 0. The number of carboxylic acids is 2. The van der Waals surface area contributed by atoms with Crippen LogP contribution in [0.1, 0.15) is 36.8 Å². The Morgan fingerprint density at radius 2 is 1.41 bits per heavy atom. The normalized spacial score (nSPS) is 16.8. The molecule has 1 heterocycles. The molecular weight excluding hydrogens is 536 g/mol. The maximum absolute atomic E-state index is 13.4. The molecule has 1 aliphatic rings. The molecule has 13 nitrogen and oxygen atoms in total. The van der Waals surface area contributed by atoms with E-state index in [0.717, 1.165) is 5.56 Å². The van der Waals surface area contributed by atoms with Crippen molar-refractivity contribution in [3.05, 3.63) is 59.7 Å². The molecule has 2 aromatic rings. The minimum Gasteiger partial charge on any atom is -0.508 e. The number of hydrogen-bond acceptors (Lipinski definition) is 8. The van der Waals surface area contributed by atoms with Crippen LogP contribution in [0.25, 0.3) is 0 Å². The molecule has 0 spiro atoms. The molecule has 0 bridgehead atoms. The number of rotatable bonds is 13. The van der Waals surface area contributed by atoms with Gasteiger partial charge >= 0.3 is 11.9 Å². The van der Waals surface area contributed by atoms with E-state index in [2.05, 4.69) is 10.6 Å². The second-order valence-corrected chi connectivity index (χ2v) is 9.93. The van der Waals surface area contributed by atoms with Gasteiger partial charge in [-0.05, 0) is 61.1 Å². The van der Waals surface area contributed by atoms with Gasteiger partial charge in [0.2, 0.25) is 17.7 Å². The Morgan fingerprint density at radius 3 is 1.95 bits per heavy atom. The van der Waals surface area contributed by atoms with Gasteiger partial charge < -0.3 is 41.7 Å². The quantitative estimate of drug-likeness (QED) is 0.172. The van der Waals surface area contributed by atoms with Gasteiger partial charge in [-0.1, -0.05) is 24.3 Å². The van der Waals surface area contributed by atoms with Crippen molar-refractivity contribution in [1.82, 2.24) is 15.5 Å². The summed E-state index contributed by atoms with van der Waals surface area (Å²) in [6, 6.07) is 7.49. The molecule has 1 saturated heterocycles. The number of aromatic hydroxyl groups is 2. The number of likely N-dealkylation sites (tertiary alicyclic amines) is 1. The molecule has 8 N–H and O–H groups in total. The second-order valence-electron chi connectivity index (χ2n) is 9.93. The lowest BCUT2D eigenvalue weighted by Crippen LogP contribution is -2.57. The summed E-state index contributed by atoms with van der Waals surface area (Å²) >= 11 is 0. The third-order valence-corrected chi connectivity index (χ3v) is 6.82. The molecule has 3 amide bonds. The molecule has 4 unspecified atom stereocenters. The van der Waals surface area contributed by atoms with Gasteiger partial charge in [0, 0.05) is 19.4 Å². The maximum Gasteiger partial charge on any atom is 0.326 e. The Morgan fingerprint density at radius 1 is 0.854 bits per heavy atom. The molecule has 0 radical (unpaired) electrons. The second kappa shape index (κ2) is 14.1. The van der Waals surface area contributed by atoms with Crippen molar-refractivity contribution in [3.8, 4) is 11.5 Å². The fourth-order valence-corrected chi connectivity index (χ4v) is 4.63. The minimum atomic E-state index is -1.50. The predicted molar refractivity (Wildman–Crippen MR) is 145 cm³/mol. The molecule has 2 aromatic carbocycles. The smallest absolute Gasteiger partial charge is 0.326 e. The van der Waals surface area contributed by atoms with Crippen LogP contribution >= 0.6 is 0 Å². The van der Waals surface area contributed by atoms with Gasteiger partial charge in [-0.25, -0.2) is 4.79 Å². The van der Waals surface area contributed by atoms with Crippen LogP contribution < -0.4 is 16.4 Å². The number of benzene rings is 2. The van der Waals surface area contributed by atoms with Crippen LogP contribution in [0.3, 0.4) is 0 Å². The number of nitrogens with one attached hydrogen (secondary N) is 2. The number of amides is 3. The highest BCUT2D eigenvalue weighted by Gasteiger charge is 2.38. The molecule has 0 saturated carbocycles. The van der Waals surface area contributed by atoms with Gasteiger partial charge in [0.05, 0.1) is 6.04 Å². The average molecular weight is 571 g/mol. The summed E-state index contributed by atoms with van der Waals surface area (Å²) in [5.41, 5.74) is 7.44. The van der Waals surface area contributed by atoms with Crippen molar-refractivity contribution >= 4 is 29.7 Å². The predicted octanol–water partition coefficient (Wildman–Crippen LogP) is 0.120. The lowest BCUT2D eigenvalue weighted by molar-refractivity contribution is -0.144. The molecule has 0 aliphatic carbocycles. The van der Waals surface area contributed by atoms with Crippen LogP contribution in [0.2, 0.25) is 0 Å². The zero-order valence-corrected chi connectivity index (χ0v) is 22.2. The fraction of sp³-hybridized carbons (Fsp3) is 0.393. The van der Waals surface area contributed by atoms with Crippen molar-refractivity contribution in [2.75, 3.05) is 6.54 Å². The van der Waals surface area contributed by atoms with Crippen LogP contribution in [0.4, 0.5) is 0 Å². The van der Waals surface area contributed by atoms with E-state index in [1.54, 1.807) is 12.1 Å². The van der Waals surface area contributed by atoms with E-state index in [9.17, 15) is 39.3 Å². The van der Waals surface area contributed by atoms with Crippen LogP contribution in [0.15, 0.2) is 48.5 Å². The topological polar surface area (TPSA) is 220 Å². The van der Waals surface area contributed by atoms with Crippen LogP contribution in [0.5, 0.6) is 11.5 Å². The van der Waals surface area contributed by atoms with Crippen LogP contribution in [-0.4, -0.2) is 85.7 Å². The number of nitrogens with two attached hydrogens (primary N) is 1. The van der Waals surface area contributed by atoms with Crippen molar-refractivity contribution in [3.63, 3.8) is 0 Å². The van der Waals surface area contributed by atoms with Gasteiger partial charge in [-0.2, -0.15) is 0 Å². The molecule has 1 fully saturated rings. The summed E-state index contributed by atoms with van der Waals surface area (Å²) < 4.78 is 0. The van der Waals surface area contributed by atoms with E-state index in [0.29, 0.717) is 18.4 Å². The third kappa shape index (κ3) is 8.93. The van der Waals surface area contributed by atoms with Crippen molar-refractivity contribution in [2.24, 2.45) is 5.73 Å². The Labute approximate surface area is 236 Å². The molecular formula is C28H34N4O9. The van der Waals surface area contributed by atoms with E-state index in [-0.39, 0.29) is 37.3 Å². The van der Waals surface area contributed by atoms with E-state index < -0.39 is 60.2 Å². The summed E-state index contributed by atoms with van der Waals surface area (Å²) in [5, 5.41) is 42.4. The number of aliphatic carboxylic acids is 2. The largest absolute Gasteiger partial charge is 0.508 e. The highest BCUT2D eigenvalue weighted by atomic mass is 16.4. The van der Waals surface area contributed by atoms with Crippen LogP contribution in [-0.2, 0) is 36.8 Å².